The molecule has 1 fully saturated rings. The predicted octanol–water partition coefficient (Wildman–Crippen LogP) is 6.04. The number of ketones is 1. The first-order valence-electron chi connectivity index (χ1n) is 11.3. The molecule has 1 heterocycles. The third-order valence-corrected chi connectivity index (χ3v) is 8.51. The van der Waals surface area contributed by atoms with Crippen LogP contribution in [0.15, 0.2) is 12.1 Å². The van der Waals surface area contributed by atoms with Crippen LogP contribution in [0.1, 0.15) is 110 Å². The molecule has 1 saturated heterocycles. The molecular formula is C26H42O4S. The molecule has 0 aromatic heterocycles. The summed E-state index contributed by atoms with van der Waals surface area (Å²) in [6.07, 6.45) is 1.77. The Morgan fingerprint density at radius 1 is 1.00 bits per heavy atom. The van der Waals surface area contributed by atoms with Crippen molar-refractivity contribution in [3.05, 3.63) is 28.8 Å². The summed E-state index contributed by atoms with van der Waals surface area (Å²) in [6.45, 7) is 20.7. The fourth-order valence-corrected chi connectivity index (χ4v) is 6.76. The molecule has 176 valence electrons. The highest BCUT2D eigenvalue weighted by atomic mass is 32.2. The van der Waals surface area contributed by atoms with Crippen molar-refractivity contribution >= 4 is 16.6 Å². The summed E-state index contributed by atoms with van der Waals surface area (Å²) in [5.41, 5.74) is 1.67. The third kappa shape index (κ3) is 5.98. The lowest BCUT2D eigenvalue weighted by atomic mass is 9.78. The van der Waals surface area contributed by atoms with E-state index in [4.69, 9.17) is 4.74 Å². The van der Waals surface area contributed by atoms with E-state index < -0.39 is 10.8 Å². The number of Topliss-reactive ketones (excluding diaryl/α,β-unsaturated/α-hetero) is 1. The van der Waals surface area contributed by atoms with Gasteiger partial charge < -0.3 is 9.84 Å². The minimum Gasteiger partial charge on any atom is -0.507 e. The Bertz CT molecular complexity index is 798. The fraction of sp³-hybridized carbons (Fsp3) is 0.731. The van der Waals surface area contributed by atoms with Gasteiger partial charge in [-0.2, -0.15) is 0 Å². The summed E-state index contributed by atoms with van der Waals surface area (Å²) in [5, 5.41) is 10.9. The molecule has 0 radical (unpaired) electrons. The first-order valence-corrected chi connectivity index (χ1v) is 12.5. The average molecular weight is 451 g/mol. The SMILES string of the molecule is CC(C)(C)c1cc(C(=O)CCOC2CC(C)(C)S(=O)C(C)(C)C2)cc(C(C)(C)C)c1O. The van der Waals surface area contributed by atoms with Crippen molar-refractivity contribution in [1.82, 2.24) is 0 Å². The molecule has 1 aromatic rings. The van der Waals surface area contributed by atoms with Crippen molar-refractivity contribution in [2.24, 2.45) is 0 Å². The molecule has 0 amide bonds. The van der Waals surface area contributed by atoms with Gasteiger partial charge in [-0.15, -0.1) is 0 Å². The van der Waals surface area contributed by atoms with Crippen molar-refractivity contribution in [3.8, 4) is 5.75 Å². The van der Waals surface area contributed by atoms with E-state index in [0.29, 0.717) is 18.6 Å². The van der Waals surface area contributed by atoms with Gasteiger partial charge in [0.2, 0.25) is 0 Å². The van der Waals surface area contributed by atoms with Crippen LogP contribution in [0.2, 0.25) is 0 Å². The Labute approximate surface area is 191 Å². The van der Waals surface area contributed by atoms with Gasteiger partial charge in [0, 0.05) is 43.4 Å². The molecule has 0 unspecified atom stereocenters. The van der Waals surface area contributed by atoms with Crippen molar-refractivity contribution < 1.29 is 18.8 Å². The number of benzene rings is 1. The van der Waals surface area contributed by atoms with Gasteiger partial charge in [-0.3, -0.25) is 9.00 Å². The van der Waals surface area contributed by atoms with Gasteiger partial charge in [-0.25, -0.2) is 0 Å². The van der Waals surface area contributed by atoms with E-state index in [1.807, 2.05) is 81.4 Å². The molecule has 1 aliphatic heterocycles. The Balaban J connectivity index is 2.17. The average Bonchev–Trinajstić information content (AvgIpc) is 2.57. The van der Waals surface area contributed by atoms with Gasteiger partial charge in [-0.05, 0) is 63.5 Å². The van der Waals surface area contributed by atoms with E-state index in [0.717, 1.165) is 24.0 Å². The standard InChI is InChI=1S/C26H42O4S/c1-23(2,3)19-13-17(14-20(22(19)28)24(4,5)6)21(27)11-12-30-18-15-25(7,8)31(29)26(9,10)16-18/h13-14,18,28H,11-12,15-16H2,1-10H3. The summed E-state index contributed by atoms with van der Waals surface area (Å²) >= 11 is 0. The third-order valence-electron chi connectivity index (χ3n) is 6.17. The number of carbonyl (C=O) groups excluding carboxylic acids is 1. The minimum atomic E-state index is -0.921. The lowest BCUT2D eigenvalue weighted by molar-refractivity contribution is 0.0246. The van der Waals surface area contributed by atoms with Crippen LogP contribution in [-0.4, -0.2) is 37.3 Å². The van der Waals surface area contributed by atoms with Crippen LogP contribution in [0.25, 0.3) is 0 Å². The topological polar surface area (TPSA) is 63.6 Å². The highest BCUT2D eigenvalue weighted by Gasteiger charge is 2.45. The maximum atomic E-state index is 13.1. The van der Waals surface area contributed by atoms with Crippen LogP contribution in [0.3, 0.4) is 0 Å². The second-order valence-corrected chi connectivity index (χ2v) is 15.0. The molecule has 1 N–H and O–H groups in total. The van der Waals surface area contributed by atoms with Crippen LogP contribution in [0.4, 0.5) is 0 Å². The molecule has 1 aromatic carbocycles. The molecule has 4 nitrogen and oxygen atoms in total. The van der Waals surface area contributed by atoms with Crippen molar-refractivity contribution in [1.29, 1.82) is 0 Å². The summed E-state index contributed by atoms with van der Waals surface area (Å²) in [7, 11) is -0.921. The van der Waals surface area contributed by atoms with Crippen LogP contribution < -0.4 is 0 Å². The van der Waals surface area contributed by atoms with E-state index in [1.165, 1.54) is 0 Å². The second kappa shape index (κ2) is 8.62. The van der Waals surface area contributed by atoms with Crippen LogP contribution in [0.5, 0.6) is 5.75 Å². The summed E-state index contributed by atoms with van der Waals surface area (Å²) in [4.78, 5) is 13.1. The largest absolute Gasteiger partial charge is 0.507 e. The summed E-state index contributed by atoms with van der Waals surface area (Å²) < 4.78 is 18.2. The second-order valence-electron chi connectivity index (χ2n) is 12.3. The number of rotatable bonds is 5. The van der Waals surface area contributed by atoms with Crippen molar-refractivity contribution in [2.75, 3.05) is 6.61 Å². The molecule has 0 bridgehead atoms. The lowest BCUT2D eigenvalue weighted by Gasteiger charge is -2.43. The van der Waals surface area contributed by atoms with E-state index in [-0.39, 0.29) is 38.0 Å². The molecule has 0 aliphatic carbocycles. The molecule has 0 saturated carbocycles. The van der Waals surface area contributed by atoms with Gasteiger partial charge in [0.25, 0.3) is 0 Å². The number of aromatic hydroxyl groups is 1. The van der Waals surface area contributed by atoms with Gasteiger partial charge in [0.15, 0.2) is 5.78 Å². The van der Waals surface area contributed by atoms with Gasteiger partial charge in [-0.1, -0.05) is 41.5 Å². The first kappa shape index (κ1) is 26.1. The smallest absolute Gasteiger partial charge is 0.165 e. The quantitative estimate of drug-likeness (QED) is 0.555. The van der Waals surface area contributed by atoms with E-state index in [9.17, 15) is 14.1 Å². The zero-order valence-electron chi connectivity index (χ0n) is 21.1. The van der Waals surface area contributed by atoms with Crippen LogP contribution in [-0.2, 0) is 26.4 Å². The summed E-state index contributed by atoms with van der Waals surface area (Å²) in [5.74, 6) is 0.307. The number of ether oxygens (including phenoxy) is 1. The van der Waals surface area contributed by atoms with Crippen LogP contribution in [0, 0.1) is 0 Å². The Kier molecular flexibility index (Phi) is 7.25. The zero-order valence-corrected chi connectivity index (χ0v) is 22.0. The monoisotopic (exact) mass is 450 g/mol. The van der Waals surface area contributed by atoms with Gasteiger partial charge in [0.05, 0.1) is 12.7 Å². The highest BCUT2D eigenvalue weighted by molar-refractivity contribution is 7.87. The maximum absolute atomic E-state index is 13.1. The number of hydrogen-bond donors (Lipinski definition) is 1. The van der Waals surface area contributed by atoms with Gasteiger partial charge >= 0.3 is 0 Å². The predicted molar refractivity (Wildman–Crippen MR) is 130 cm³/mol. The maximum Gasteiger partial charge on any atom is 0.165 e. The molecule has 2 rings (SSSR count). The van der Waals surface area contributed by atoms with Crippen molar-refractivity contribution in [2.45, 2.75) is 115 Å². The highest BCUT2D eigenvalue weighted by Crippen LogP contribution is 2.41. The fourth-order valence-electron chi connectivity index (χ4n) is 4.59. The van der Waals surface area contributed by atoms with E-state index in [2.05, 4.69) is 0 Å². The molecule has 31 heavy (non-hydrogen) atoms. The zero-order chi connectivity index (χ0) is 24.0. The normalized spacial score (nSPS) is 23.5. The van der Waals surface area contributed by atoms with Crippen LogP contribution >= 0.6 is 0 Å². The number of carbonyl (C=O) groups is 1. The Morgan fingerprint density at radius 2 is 1.42 bits per heavy atom. The minimum absolute atomic E-state index is 0.00518. The molecule has 5 heteroatoms. The lowest BCUT2D eigenvalue weighted by Crippen LogP contribution is -2.50. The van der Waals surface area contributed by atoms with Crippen molar-refractivity contribution in [3.63, 3.8) is 0 Å². The van der Waals surface area contributed by atoms with E-state index >= 15 is 0 Å². The molecule has 0 atom stereocenters. The summed E-state index contributed by atoms with van der Waals surface area (Å²) in [6, 6.07) is 3.67. The number of hydrogen-bond acceptors (Lipinski definition) is 4. The molecule has 1 aliphatic rings. The Morgan fingerprint density at radius 3 is 1.81 bits per heavy atom. The van der Waals surface area contributed by atoms with Gasteiger partial charge in [0.1, 0.15) is 5.75 Å². The number of phenolic OH excluding ortho intramolecular Hbond substituents is 1. The van der Waals surface area contributed by atoms with E-state index in [1.54, 1.807) is 0 Å². The Hall–Kier alpha value is -1.20. The molecular weight excluding hydrogens is 408 g/mol. The first-order chi connectivity index (χ1) is 13.9. The number of phenols is 1. The molecule has 0 spiro atoms.